The van der Waals surface area contributed by atoms with Crippen molar-refractivity contribution in [3.05, 3.63) is 12.2 Å². The second-order valence-corrected chi connectivity index (χ2v) is 3.12. The van der Waals surface area contributed by atoms with Crippen molar-refractivity contribution >= 4 is 0 Å². The van der Waals surface area contributed by atoms with Crippen LogP contribution in [0.2, 0.25) is 0 Å². The van der Waals surface area contributed by atoms with Crippen LogP contribution in [-0.2, 0) is 0 Å². The second-order valence-electron chi connectivity index (χ2n) is 3.12. The summed E-state index contributed by atoms with van der Waals surface area (Å²) in [6.45, 7) is 4.54. The lowest BCUT2D eigenvalue weighted by molar-refractivity contribution is 0.276. The number of aliphatic hydroxyl groups excluding tert-OH is 1. The van der Waals surface area contributed by atoms with Gasteiger partial charge in [0.2, 0.25) is 0 Å². The lowest BCUT2D eigenvalue weighted by Gasteiger charge is -2.13. The lowest BCUT2D eigenvalue weighted by atomic mass is 10.2. The first-order valence-electron chi connectivity index (χ1n) is 4.71. The minimum Gasteiger partial charge on any atom is -0.396 e. The van der Waals surface area contributed by atoms with Gasteiger partial charge in [0.25, 0.3) is 0 Å². The molecule has 12 heavy (non-hydrogen) atoms. The Morgan fingerprint density at radius 3 is 2.58 bits per heavy atom. The molecule has 2 heteroatoms. The molecule has 0 aromatic carbocycles. The molecule has 0 saturated heterocycles. The predicted molar refractivity (Wildman–Crippen MR) is 53.2 cm³/mol. The topological polar surface area (TPSA) is 23.5 Å². The number of rotatable bonds is 7. The summed E-state index contributed by atoms with van der Waals surface area (Å²) in [4.78, 5) is 2.29. The van der Waals surface area contributed by atoms with Gasteiger partial charge in [-0.2, -0.15) is 0 Å². The molecular formula is C10H21NO. The summed E-state index contributed by atoms with van der Waals surface area (Å²) in [5.41, 5.74) is 0. The Morgan fingerprint density at radius 1 is 1.25 bits per heavy atom. The average molecular weight is 171 g/mol. The molecule has 0 aliphatic heterocycles. The summed E-state index contributed by atoms with van der Waals surface area (Å²) in [7, 11) is 2.12. The minimum absolute atomic E-state index is 0.332. The first kappa shape index (κ1) is 11.7. The first-order valence-corrected chi connectivity index (χ1v) is 4.71. The zero-order chi connectivity index (χ0) is 9.23. The van der Waals surface area contributed by atoms with E-state index in [1.807, 2.05) is 6.92 Å². The van der Waals surface area contributed by atoms with E-state index in [0.717, 1.165) is 25.9 Å². The summed E-state index contributed by atoms with van der Waals surface area (Å²) in [5, 5.41) is 8.55. The number of hydrogen-bond acceptors (Lipinski definition) is 2. The molecule has 0 fully saturated rings. The molecule has 0 radical (unpaired) electrons. The Hall–Kier alpha value is -0.340. The van der Waals surface area contributed by atoms with Crippen LogP contribution in [0.3, 0.4) is 0 Å². The van der Waals surface area contributed by atoms with Gasteiger partial charge in [0.15, 0.2) is 0 Å². The Kier molecular flexibility index (Phi) is 8.51. The summed E-state index contributed by atoms with van der Waals surface area (Å²) < 4.78 is 0. The highest BCUT2D eigenvalue weighted by Gasteiger charge is 1.94. The van der Waals surface area contributed by atoms with Gasteiger partial charge >= 0.3 is 0 Å². The van der Waals surface area contributed by atoms with Gasteiger partial charge in [0.1, 0.15) is 0 Å². The highest BCUT2D eigenvalue weighted by atomic mass is 16.2. The molecule has 0 aromatic rings. The Labute approximate surface area is 75.9 Å². The van der Waals surface area contributed by atoms with E-state index in [1.165, 1.54) is 6.42 Å². The third-order valence-electron chi connectivity index (χ3n) is 1.85. The second kappa shape index (κ2) is 8.75. The van der Waals surface area contributed by atoms with Gasteiger partial charge in [-0.1, -0.05) is 12.2 Å². The van der Waals surface area contributed by atoms with E-state index in [1.54, 1.807) is 0 Å². The smallest absolute Gasteiger partial charge is 0.0431 e. The Balaban J connectivity index is 3.13. The quantitative estimate of drug-likeness (QED) is 0.465. The van der Waals surface area contributed by atoms with Crippen LogP contribution >= 0.6 is 0 Å². The number of aliphatic hydroxyl groups is 1. The van der Waals surface area contributed by atoms with Gasteiger partial charge in [0, 0.05) is 13.2 Å². The standard InChI is InChI=1S/C10H21NO/c1-3-4-8-11(2)9-6-5-7-10-12/h3-4,12H,5-10H2,1-2H3/b4-3+. The molecule has 0 heterocycles. The Bertz CT molecular complexity index is 112. The van der Waals surface area contributed by atoms with Crippen molar-refractivity contribution in [1.82, 2.24) is 4.90 Å². The summed E-state index contributed by atoms with van der Waals surface area (Å²) in [6.07, 6.45) is 7.50. The molecule has 72 valence electrons. The molecule has 0 atom stereocenters. The Morgan fingerprint density at radius 2 is 2.00 bits per heavy atom. The first-order chi connectivity index (χ1) is 5.81. The van der Waals surface area contributed by atoms with Crippen molar-refractivity contribution in [3.8, 4) is 0 Å². The number of allylic oxidation sites excluding steroid dienone is 1. The van der Waals surface area contributed by atoms with Crippen molar-refractivity contribution in [2.24, 2.45) is 0 Å². The SMILES string of the molecule is C/C=C/CN(C)CCCCCO. The monoisotopic (exact) mass is 171 g/mol. The van der Waals surface area contributed by atoms with Crippen LogP contribution in [0.4, 0.5) is 0 Å². The maximum Gasteiger partial charge on any atom is 0.0431 e. The highest BCUT2D eigenvalue weighted by molar-refractivity contribution is 4.79. The largest absolute Gasteiger partial charge is 0.396 e. The fraction of sp³-hybridized carbons (Fsp3) is 0.800. The van der Waals surface area contributed by atoms with Crippen LogP contribution in [0.1, 0.15) is 26.2 Å². The molecule has 0 bridgehead atoms. The van der Waals surface area contributed by atoms with Crippen molar-refractivity contribution in [3.63, 3.8) is 0 Å². The molecule has 0 aliphatic carbocycles. The molecule has 0 aliphatic rings. The third-order valence-corrected chi connectivity index (χ3v) is 1.85. The van der Waals surface area contributed by atoms with Crippen LogP contribution in [0, 0.1) is 0 Å². The summed E-state index contributed by atoms with van der Waals surface area (Å²) in [6, 6.07) is 0. The highest BCUT2D eigenvalue weighted by Crippen LogP contribution is 1.96. The van der Waals surface area contributed by atoms with Crippen LogP contribution in [0.5, 0.6) is 0 Å². The van der Waals surface area contributed by atoms with Gasteiger partial charge < -0.3 is 10.0 Å². The van der Waals surface area contributed by atoms with Gasteiger partial charge in [-0.15, -0.1) is 0 Å². The van der Waals surface area contributed by atoms with Crippen molar-refractivity contribution in [2.75, 3.05) is 26.7 Å². The van der Waals surface area contributed by atoms with E-state index in [0.29, 0.717) is 6.61 Å². The van der Waals surface area contributed by atoms with E-state index in [9.17, 15) is 0 Å². The molecule has 0 aromatic heterocycles. The number of unbranched alkanes of at least 4 members (excludes halogenated alkanes) is 2. The van der Waals surface area contributed by atoms with Gasteiger partial charge in [-0.25, -0.2) is 0 Å². The molecule has 0 spiro atoms. The zero-order valence-corrected chi connectivity index (χ0v) is 8.29. The summed E-state index contributed by atoms with van der Waals surface area (Å²) >= 11 is 0. The molecule has 1 N–H and O–H groups in total. The van der Waals surface area contributed by atoms with E-state index < -0.39 is 0 Å². The zero-order valence-electron chi connectivity index (χ0n) is 8.29. The maximum atomic E-state index is 8.55. The lowest BCUT2D eigenvalue weighted by Crippen LogP contribution is -2.19. The van der Waals surface area contributed by atoms with Crippen molar-refractivity contribution < 1.29 is 5.11 Å². The number of hydrogen-bond donors (Lipinski definition) is 1. The fourth-order valence-electron chi connectivity index (χ4n) is 1.05. The van der Waals surface area contributed by atoms with Crippen LogP contribution in [0.15, 0.2) is 12.2 Å². The van der Waals surface area contributed by atoms with Gasteiger partial charge in [0.05, 0.1) is 0 Å². The molecule has 0 rings (SSSR count). The number of nitrogens with zero attached hydrogens (tertiary/aromatic N) is 1. The third kappa shape index (κ3) is 7.76. The van der Waals surface area contributed by atoms with E-state index >= 15 is 0 Å². The molecule has 0 unspecified atom stereocenters. The van der Waals surface area contributed by atoms with Gasteiger partial charge in [-0.05, 0) is 39.8 Å². The van der Waals surface area contributed by atoms with Crippen LogP contribution in [-0.4, -0.2) is 36.8 Å². The van der Waals surface area contributed by atoms with E-state index in [2.05, 4.69) is 24.1 Å². The molecule has 0 saturated carbocycles. The summed E-state index contributed by atoms with van der Waals surface area (Å²) in [5.74, 6) is 0. The minimum atomic E-state index is 0.332. The van der Waals surface area contributed by atoms with Crippen LogP contribution in [0.25, 0.3) is 0 Å². The van der Waals surface area contributed by atoms with Crippen molar-refractivity contribution in [2.45, 2.75) is 26.2 Å². The average Bonchev–Trinajstić information content (AvgIpc) is 2.09. The van der Waals surface area contributed by atoms with E-state index in [-0.39, 0.29) is 0 Å². The van der Waals surface area contributed by atoms with E-state index in [4.69, 9.17) is 5.11 Å². The predicted octanol–water partition coefficient (Wildman–Crippen LogP) is 1.66. The number of likely N-dealkylation sites (N-methyl/N-ethyl adjacent to an activating group) is 1. The molecular weight excluding hydrogens is 150 g/mol. The van der Waals surface area contributed by atoms with Gasteiger partial charge in [-0.3, -0.25) is 0 Å². The normalized spacial score (nSPS) is 11.7. The maximum absolute atomic E-state index is 8.55. The van der Waals surface area contributed by atoms with Crippen LogP contribution < -0.4 is 0 Å². The van der Waals surface area contributed by atoms with Crippen molar-refractivity contribution in [1.29, 1.82) is 0 Å². The fourth-order valence-corrected chi connectivity index (χ4v) is 1.05. The molecule has 2 nitrogen and oxygen atoms in total. The molecule has 0 amide bonds.